The van der Waals surface area contributed by atoms with Crippen LogP contribution in [0.4, 0.5) is 0 Å². The molecule has 5 heteroatoms. The lowest BCUT2D eigenvalue weighted by Gasteiger charge is -2.21. The zero-order valence-corrected chi connectivity index (χ0v) is 11.6. The number of rotatable bonds is 7. The number of aliphatic hydroxyl groups is 1. The molecule has 1 atom stereocenters. The topological polar surface area (TPSA) is 59.0 Å². The molecule has 1 aromatic carbocycles. The minimum absolute atomic E-state index is 0.0698. The van der Waals surface area contributed by atoms with Crippen LogP contribution in [0.2, 0.25) is 0 Å². The summed E-state index contributed by atoms with van der Waals surface area (Å²) in [7, 11) is 4.76. The fourth-order valence-electron chi connectivity index (χ4n) is 1.81. The molecule has 0 bridgehead atoms. The number of carbonyl (C=O) groups excluding carboxylic acids is 1. The second-order valence-electron chi connectivity index (χ2n) is 4.37. The molecule has 0 aromatic heterocycles. The van der Waals surface area contributed by atoms with Crippen molar-refractivity contribution in [2.75, 3.05) is 34.4 Å². The molecule has 106 valence electrons. The molecule has 0 fully saturated rings. The van der Waals surface area contributed by atoms with E-state index in [4.69, 9.17) is 9.47 Å². The van der Waals surface area contributed by atoms with Gasteiger partial charge in [-0.1, -0.05) is 18.2 Å². The van der Waals surface area contributed by atoms with Crippen LogP contribution < -0.4 is 4.74 Å². The van der Waals surface area contributed by atoms with Crippen molar-refractivity contribution in [3.05, 3.63) is 29.8 Å². The highest BCUT2D eigenvalue weighted by Crippen LogP contribution is 2.18. The SMILES string of the molecule is COCC(O)CN(C)C(=O)Cc1ccccc1OC. The maximum absolute atomic E-state index is 12.0. The van der Waals surface area contributed by atoms with Crippen molar-refractivity contribution in [3.63, 3.8) is 0 Å². The van der Waals surface area contributed by atoms with E-state index < -0.39 is 6.10 Å². The monoisotopic (exact) mass is 267 g/mol. The highest BCUT2D eigenvalue weighted by Gasteiger charge is 2.15. The van der Waals surface area contributed by atoms with E-state index in [2.05, 4.69) is 0 Å². The first kappa shape index (κ1) is 15.5. The first-order chi connectivity index (χ1) is 9.08. The molecule has 1 rings (SSSR count). The fraction of sp³-hybridized carbons (Fsp3) is 0.500. The largest absolute Gasteiger partial charge is 0.496 e. The molecule has 19 heavy (non-hydrogen) atoms. The third-order valence-corrected chi connectivity index (χ3v) is 2.80. The first-order valence-electron chi connectivity index (χ1n) is 6.11. The average molecular weight is 267 g/mol. The van der Waals surface area contributed by atoms with E-state index in [-0.39, 0.29) is 25.5 Å². The Morgan fingerprint density at radius 3 is 2.68 bits per heavy atom. The van der Waals surface area contributed by atoms with E-state index in [1.165, 1.54) is 12.0 Å². The van der Waals surface area contributed by atoms with Crippen LogP contribution >= 0.6 is 0 Å². The van der Waals surface area contributed by atoms with Crippen molar-refractivity contribution < 1.29 is 19.4 Å². The number of nitrogens with zero attached hydrogens (tertiary/aromatic N) is 1. The Kier molecular flexibility index (Phi) is 6.32. The molecule has 0 spiro atoms. The minimum Gasteiger partial charge on any atom is -0.496 e. The number of likely N-dealkylation sites (N-methyl/N-ethyl adjacent to an activating group) is 1. The van der Waals surface area contributed by atoms with Crippen molar-refractivity contribution in [2.45, 2.75) is 12.5 Å². The zero-order chi connectivity index (χ0) is 14.3. The predicted octanol–water partition coefficient (Wildman–Crippen LogP) is 0.703. The molecule has 5 nitrogen and oxygen atoms in total. The summed E-state index contributed by atoms with van der Waals surface area (Å²) >= 11 is 0. The first-order valence-corrected chi connectivity index (χ1v) is 6.11. The van der Waals surface area contributed by atoms with Gasteiger partial charge in [-0.15, -0.1) is 0 Å². The van der Waals surface area contributed by atoms with Crippen molar-refractivity contribution in [1.82, 2.24) is 4.90 Å². The Morgan fingerprint density at radius 1 is 1.37 bits per heavy atom. The van der Waals surface area contributed by atoms with Crippen LogP contribution in [0, 0.1) is 0 Å². The maximum atomic E-state index is 12.0. The molecule has 0 radical (unpaired) electrons. The lowest BCUT2D eigenvalue weighted by molar-refractivity contribution is -0.130. The fourth-order valence-corrected chi connectivity index (χ4v) is 1.81. The van der Waals surface area contributed by atoms with Crippen molar-refractivity contribution in [2.24, 2.45) is 0 Å². The van der Waals surface area contributed by atoms with Crippen molar-refractivity contribution in [1.29, 1.82) is 0 Å². The van der Waals surface area contributed by atoms with Gasteiger partial charge < -0.3 is 19.5 Å². The van der Waals surface area contributed by atoms with Gasteiger partial charge in [-0.25, -0.2) is 0 Å². The van der Waals surface area contributed by atoms with Crippen LogP contribution in [0.1, 0.15) is 5.56 Å². The van der Waals surface area contributed by atoms with E-state index in [1.54, 1.807) is 14.2 Å². The lowest BCUT2D eigenvalue weighted by Crippen LogP contribution is -2.37. The van der Waals surface area contributed by atoms with Gasteiger partial charge in [0.15, 0.2) is 0 Å². The summed E-state index contributed by atoms with van der Waals surface area (Å²) in [6.07, 6.45) is -0.420. The van der Waals surface area contributed by atoms with Gasteiger partial charge in [-0.05, 0) is 6.07 Å². The lowest BCUT2D eigenvalue weighted by atomic mass is 10.1. The Hall–Kier alpha value is -1.59. The molecule has 1 aromatic rings. The number of methoxy groups -OCH3 is 2. The number of hydrogen-bond donors (Lipinski definition) is 1. The summed E-state index contributed by atoms with van der Waals surface area (Å²) in [5, 5.41) is 9.59. The van der Waals surface area contributed by atoms with Crippen LogP contribution in [0.15, 0.2) is 24.3 Å². The maximum Gasteiger partial charge on any atom is 0.226 e. The summed E-state index contributed by atoms with van der Waals surface area (Å²) < 4.78 is 10.0. The molecule has 0 aliphatic rings. The number of carbonyl (C=O) groups is 1. The number of hydrogen-bond acceptors (Lipinski definition) is 4. The van der Waals surface area contributed by atoms with E-state index in [9.17, 15) is 9.90 Å². The van der Waals surface area contributed by atoms with Crippen LogP contribution in [0.25, 0.3) is 0 Å². The normalized spacial score (nSPS) is 12.0. The summed E-state index contributed by atoms with van der Waals surface area (Å²) in [5.74, 6) is 0.626. The summed E-state index contributed by atoms with van der Waals surface area (Å²) in [6.45, 7) is 0.466. The second-order valence-corrected chi connectivity index (χ2v) is 4.37. The molecule has 1 amide bonds. The van der Waals surface area contributed by atoms with Crippen LogP contribution in [0.5, 0.6) is 5.75 Å². The molecule has 1 N–H and O–H groups in total. The Balaban J connectivity index is 2.58. The third kappa shape index (κ3) is 4.89. The Bertz CT molecular complexity index is 408. The van der Waals surface area contributed by atoms with Gasteiger partial charge in [0.25, 0.3) is 0 Å². The van der Waals surface area contributed by atoms with E-state index >= 15 is 0 Å². The van der Waals surface area contributed by atoms with E-state index in [0.717, 1.165) is 5.56 Å². The smallest absolute Gasteiger partial charge is 0.226 e. The second kappa shape index (κ2) is 7.76. The van der Waals surface area contributed by atoms with Crippen molar-refractivity contribution in [3.8, 4) is 5.75 Å². The molecule has 1 unspecified atom stereocenters. The van der Waals surface area contributed by atoms with Gasteiger partial charge in [0.05, 0.1) is 26.2 Å². The van der Waals surface area contributed by atoms with Crippen molar-refractivity contribution >= 4 is 5.91 Å². The van der Waals surface area contributed by atoms with Gasteiger partial charge in [0.1, 0.15) is 5.75 Å². The van der Waals surface area contributed by atoms with Crippen LogP contribution in [-0.2, 0) is 16.0 Å². The van der Waals surface area contributed by atoms with E-state index in [0.29, 0.717) is 5.75 Å². The minimum atomic E-state index is -0.670. The quantitative estimate of drug-likeness (QED) is 0.790. The van der Waals surface area contributed by atoms with Gasteiger partial charge >= 0.3 is 0 Å². The number of amides is 1. The number of para-hydroxylation sites is 1. The molecule has 0 saturated carbocycles. The Labute approximate surface area is 113 Å². The zero-order valence-electron chi connectivity index (χ0n) is 11.6. The molecular weight excluding hydrogens is 246 g/mol. The number of benzene rings is 1. The number of aliphatic hydroxyl groups excluding tert-OH is 1. The highest BCUT2D eigenvalue weighted by molar-refractivity contribution is 5.79. The number of ether oxygens (including phenoxy) is 2. The molecule has 0 aliphatic carbocycles. The molecule has 0 saturated heterocycles. The van der Waals surface area contributed by atoms with Gasteiger partial charge in [-0.3, -0.25) is 4.79 Å². The summed E-state index contributed by atoms with van der Waals surface area (Å²) in [5.41, 5.74) is 0.836. The summed E-state index contributed by atoms with van der Waals surface area (Å²) in [4.78, 5) is 13.5. The standard InChI is InChI=1S/C14H21NO4/c1-15(9-12(16)10-18-2)14(17)8-11-6-4-5-7-13(11)19-3/h4-7,12,16H,8-10H2,1-3H3. The summed E-state index contributed by atoms with van der Waals surface area (Å²) in [6, 6.07) is 7.41. The van der Waals surface area contributed by atoms with E-state index in [1.807, 2.05) is 24.3 Å². The third-order valence-electron chi connectivity index (χ3n) is 2.80. The molecular formula is C14H21NO4. The van der Waals surface area contributed by atoms with Gasteiger partial charge in [-0.2, -0.15) is 0 Å². The van der Waals surface area contributed by atoms with Gasteiger partial charge in [0.2, 0.25) is 5.91 Å². The van der Waals surface area contributed by atoms with Gasteiger partial charge in [0, 0.05) is 26.3 Å². The highest BCUT2D eigenvalue weighted by atomic mass is 16.5. The van der Waals surface area contributed by atoms with Crippen LogP contribution in [0.3, 0.4) is 0 Å². The van der Waals surface area contributed by atoms with Crippen LogP contribution in [-0.4, -0.2) is 56.4 Å². The molecule has 0 aliphatic heterocycles. The average Bonchev–Trinajstić information content (AvgIpc) is 2.39. The molecule has 0 heterocycles. The Morgan fingerprint density at radius 2 is 2.05 bits per heavy atom. The predicted molar refractivity (Wildman–Crippen MR) is 72.2 cm³/mol.